The summed E-state index contributed by atoms with van der Waals surface area (Å²) in [5, 5.41) is 42.0. The van der Waals surface area contributed by atoms with Crippen LogP contribution in [0.25, 0.3) is 0 Å². The highest BCUT2D eigenvalue weighted by molar-refractivity contribution is 4.52. The van der Waals surface area contributed by atoms with E-state index in [0.29, 0.717) is 0 Å². The minimum absolute atomic E-state index is 1.00. The van der Waals surface area contributed by atoms with Gasteiger partial charge in [0, 0.05) is 42.7 Å². The highest BCUT2D eigenvalue weighted by Gasteiger charge is 1.97. The van der Waals surface area contributed by atoms with Crippen LogP contribution < -0.4 is 0 Å². The maximum Gasteiger partial charge on any atom is 0.0319 e. The molecule has 6 heteroatoms. The van der Waals surface area contributed by atoms with Crippen molar-refractivity contribution < 1.29 is 30.6 Å². The lowest BCUT2D eigenvalue weighted by molar-refractivity contribution is 0.399. The molecule has 1 saturated carbocycles. The van der Waals surface area contributed by atoms with Crippen molar-refractivity contribution in [2.24, 2.45) is 0 Å². The summed E-state index contributed by atoms with van der Waals surface area (Å²) in [6.07, 6.45) is 36.0. The summed E-state index contributed by atoms with van der Waals surface area (Å²) in [6, 6.07) is 0. The quantitative estimate of drug-likeness (QED) is 0.201. The normalized spacial score (nSPS) is 17.0. The first-order chi connectivity index (χ1) is 18.0. The highest BCUT2D eigenvalue weighted by Crippen LogP contribution is 2.17. The van der Waals surface area contributed by atoms with Gasteiger partial charge in [-0.3, -0.25) is 0 Å². The molecule has 36 heavy (non-hydrogen) atoms. The molecule has 6 nitrogen and oxygen atoms in total. The van der Waals surface area contributed by atoms with E-state index in [1.165, 1.54) is 154 Å². The van der Waals surface area contributed by atoms with E-state index in [0.717, 1.165) is 42.7 Å². The molecule has 0 heterocycles. The lowest BCUT2D eigenvalue weighted by Gasteiger charge is -2.05. The summed E-state index contributed by atoms with van der Waals surface area (Å²) in [7, 11) is 6.00. The molecule has 228 valence electrons. The molecule has 1 aliphatic rings. The van der Waals surface area contributed by atoms with Gasteiger partial charge in [-0.1, -0.05) is 154 Å². The second kappa shape index (κ2) is 70.2. The fraction of sp³-hybridized carbons (Fsp3) is 1.00. The summed E-state index contributed by atoms with van der Waals surface area (Å²) in [4.78, 5) is 0. The average molecular weight is 529 g/mol. The van der Waals surface area contributed by atoms with Crippen molar-refractivity contribution in [1.82, 2.24) is 0 Å². The van der Waals surface area contributed by atoms with E-state index in [9.17, 15) is 0 Å². The molecule has 0 saturated heterocycles. The van der Waals surface area contributed by atoms with Crippen molar-refractivity contribution in [1.29, 1.82) is 0 Å². The van der Waals surface area contributed by atoms with Gasteiger partial charge in [-0.05, 0) is 0 Å². The minimum atomic E-state index is 1.00. The van der Waals surface area contributed by atoms with Gasteiger partial charge in [0.05, 0.1) is 0 Å². The predicted octanol–water partition coefficient (Wildman–Crippen LogP) is 7.01. The molecule has 0 atom stereocenters. The number of aliphatic hydroxyl groups is 6. The van der Waals surface area contributed by atoms with Crippen LogP contribution >= 0.6 is 0 Å². The molecular weight excluding hydrogens is 456 g/mol. The van der Waals surface area contributed by atoms with Crippen LogP contribution in [0, 0.1) is 0 Å². The molecule has 0 bridgehead atoms. The van der Waals surface area contributed by atoms with Crippen LogP contribution in [0.4, 0.5) is 0 Å². The van der Waals surface area contributed by atoms with Gasteiger partial charge in [-0.2, -0.15) is 0 Å². The van der Waals surface area contributed by atoms with E-state index >= 15 is 0 Å². The van der Waals surface area contributed by atoms with E-state index in [2.05, 4.69) is 0 Å². The Kier molecular flexibility index (Phi) is 95.1. The van der Waals surface area contributed by atoms with Crippen LogP contribution in [0.1, 0.15) is 154 Å². The Bertz CT molecular complexity index is 133. The van der Waals surface area contributed by atoms with Gasteiger partial charge in [0.1, 0.15) is 0 Å². The topological polar surface area (TPSA) is 121 Å². The highest BCUT2D eigenvalue weighted by atomic mass is 16.2. The molecule has 1 aliphatic carbocycles. The molecule has 0 aromatic rings. The third-order valence-corrected chi connectivity index (χ3v) is 6.00. The molecule has 1 fully saturated rings. The molecule has 6 N–H and O–H groups in total. The smallest absolute Gasteiger partial charge is 0.0319 e. The Labute approximate surface area is 227 Å². The first-order valence-corrected chi connectivity index (χ1v) is 14.7. The number of hydrogen-bond donors (Lipinski definition) is 6. The first-order valence-electron chi connectivity index (χ1n) is 14.7. The van der Waals surface area contributed by atoms with Crippen molar-refractivity contribution in [3.63, 3.8) is 0 Å². The Hall–Kier alpha value is -0.240. The SMILES string of the molecule is C1CCCCCCCCCCCCCCCCCCCCCCC1.CO.CO.CO.CO.CO.CO. The van der Waals surface area contributed by atoms with Gasteiger partial charge in [0.15, 0.2) is 0 Å². The standard InChI is InChI=1S/C24H48.6CH4O/c1-2-4-6-8-10-12-14-16-18-20-22-24-23-21-19-17-15-13-11-9-7-5-3-1;6*1-2/h1-24H2;6*2H,1H3. The zero-order valence-electron chi connectivity index (χ0n) is 25.7. The number of hydrogen-bond acceptors (Lipinski definition) is 6. The van der Waals surface area contributed by atoms with Crippen molar-refractivity contribution in [2.75, 3.05) is 42.7 Å². The second-order valence-corrected chi connectivity index (χ2v) is 8.49. The van der Waals surface area contributed by atoms with Gasteiger partial charge >= 0.3 is 0 Å². The third kappa shape index (κ3) is 64.2. The second-order valence-electron chi connectivity index (χ2n) is 8.49. The molecular formula is C30H72O6. The van der Waals surface area contributed by atoms with E-state index in [1.807, 2.05) is 0 Å². The van der Waals surface area contributed by atoms with Crippen LogP contribution in [0.5, 0.6) is 0 Å². The maximum atomic E-state index is 7.00. The van der Waals surface area contributed by atoms with Gasteiger partial charge < -0.3 is 30.6 Å². The predicted molar refractivity (Wildman–Crippen MR) is 160 cm³/mol. The van der Waals surface area contributed by atoms with Crippen LogP contribution in [0.15, 0.2) is 0 Å². The Morgan fingerprint density at radius 2 is 0.167 bits per heavy atom. The van der Waals surface area contributed by atoms with Crippen LogP contribution in [0.2, 0.25) is 0 Å². The van der Waals surface area contributed by atoms with Crippen LogP contribution in [-0.4, -0.2) is 73.3 Å². The molecule has 0 aliphatic heterocycles. The van der Waals surface area contributed by atoms with Crippen LogP contribution in [0.3, 0.4) is 0 Å². The molecule has 0 radical (unpaired) electrons. The lowest BCUT2D eigenvalue weighted by Crippen LogP contribution is -1.85. The van der Waals surface area contributed by atoms with Gasteiger partial charge in [-0.25, -0.2) is 0 Å². The largest absolute Gasteiger partial charge is 0.400 e. The summed E-state index contributed by atoms with van der Waals surface area (Å²) in [6.45, 7) is 0. The molecule has 0 unspecified atom stereocenters. The summed E-state index contributed by atoms with van der Waals surface area (Å²) >= 11 is 0. The van der Waals surface area contributed by atoms with E-state index in [1.54, 1.807) is 0 Å². The average Bonchev–Trinajstić information content (AvgIpc) is 2.98. The van der Waals surface area contributed by atoms with Gasteiger partial charge in [0.2, 0.25) is 0 Å². The Morgan fingerprint density at radius 3 is 0.194 bits per heavy atom. The van der Waals surface area contributed by atoms with E-state index < -0.39 is 0 Å². The third-order valence-electron chi connectivity index (χ3n) is 6.00. The van der Waals surface area contributed by atoms with E-state index in [-0.39, 0.29) is 0 Å². The number of rotatable bonds is 0. The monoisotopic (exact) mass is 529 g/mol. The molecule has 1 rings (SSSR count). The lowest BCUT2D eigenvalue weighted by atomic mass is 10.0. The summed E-state index contributed by atoms with van der Waals surface area (Å²) in [5.74, 6) is 0. The van der Waals surface area contributed by atoms with Crippen molar-refractivity contribution in [2.45, 2.75) is 154 Å². The zero-order chi connectivity index (χ0) is 29.0. The molecule has 0 aromatic heterocycles. The summed E-state index contributed by atoms with van der Waals surface area (Å²) < 4.78 is 0. The molecule has 0 spiro atoms. The Morgan fingerprint density at radius 1 is 0.139 bits per heavy atom. The van der Waals surface area contributed by atoms with Crippen molar-refractivity contribution in [3.8, 4) is 0 Å². The van der Waals surface area contributed by atoms with Gasteiger partial charge in [0.25, 0.3) is 0 Å². The van der Waals surface area contributed by atoms with Crippen LogP contribution in [-0.2, 0) is 0 Å². The van der Waals surface area contributed by atoms with Crippen molar-refractivity contribution >= 4 is 0 Å². The first kappa shape index (κ1) is 48.8. The Balaban J connectivity index is -0.000000163. The minimum Gasteiger partial charge on any atom is -0.400 e. The van der Waals surface area contributed by atoms with Crippen molar-refractivity contribution in [3.05, 3.63) is 0 Å². The zero-order valence-corrected chi connectivity index (χ0v) is 25.7. The van der Waals surface area contributed by atoms with Gasteiger partial charge in [-0.15, -0.1) is 0 Å². The summed E-state index contributed by atoms with van der Waals surface area (Å²) in [5.41, 5.74) is 0. The maximum absolute atomic E-state index is 7.00. The molecule has 0 amide bonds. The fourth-order valence-corrected chi connectivity index (χ4v) is 4.24. The number of aliphatic hydroxyl groups excluding tert-OH is 6. The van der Waals surface area contributed by atoms with E-state index in [4.69, 9.17) is 30.6 Å². The molecule has 0 aromatic carbocycles. The fourth-order valence-electron chi connectivity index (χ4n) is 4.24.